The molecule has 1 fully saturated rings. The molecule has 0 bridgehead atoms. The van der Waals surface area contributed by atoms with Crippen LogP contribution in [0, 0.1) is 0 Å². The summed E-state index contributed by atoms with van der Waals surface area (Å²) in [6.07, 6.45) is 5.07. The van der Waals surface area contributed by atoms with Crippen LogP contribution >= 0.6 is 23.2 Å². The molecule has 2 aromatic heterocycles. The summed E-state index contributed by atoms with van der Waals surface area (Å²) in [5.41, 5.74) is 1.77. The Morgan fingerprint density at radius 3 is 2.75 bits per heavy atom. The van der Waals surface area contributed by atoms with Crippen molar-refractivity contribution in [2.24, 2.45) is 0 Å². The van der Waals surface area contributed by atoms with Crippen molar-refractivity contribution >= 4 is 34.4 Å². The fraction of sp³-hybridized carbons (Fsp3) is 0.571. The summed E-state index contributed by atoms with van der Waals surface area (Å²) < 4.78 is 2.19. The van der Waals surface area contributed by atoms with Crippen LogP contribution in [-0.4, -0.2) is 44.9 Å². The molecule has 4 nitrogen and oxygen atoms in total. The molecule has 0 N–H and O–H groups in total. The standard InChI is InChI=1S/C14H18Cl2N4/c15-4-3-13-18-12-9-11(16)10-17-14(12)20(13)8-7-19-5-1-2-6-19/h9-10H,1-8H2. The van der Waals surface area contributed by atoms with E-state index in [1.165, 1.54) is 25.9 Å². The molecular weight excluding hydrogens is 295 g/mol. The van der Waals surface area contributed by atoms with Crippen molar-refractivity contribution in [3.63, 3.8) is 0 Å². The first-order valence-corrected chi connectivity index (χ1v) is 7.98. The van der Waals surface area contributed by atoms with E-state index in [9.17, 15) is 0 Å². The van der Waals surface area contributed by atoms with Gasteiger partial charge < -0.3 is 9.47 Å². The number of imidazole rings is 1. The van der Waals surface area contributed by atoms with E-state index in [1.807, 2.05) is 6.07 Å². The maximum Gasteiger partial charge on any atom is 0.160 e. The van der Waals surface area contributed by atoms with Crippen molar-refractivity contribution in [1.82, 2.24) is 19.4 Å². The summed E-state index contributed by atoms with van der Waals surface area (Å²) >= 11 is 11.9. The lowest BCUT2D eigenvalue weighted by Crippen LogP contribution is -2.24. The summed E-state index contributed by atoms with van der Waals surface area (Å²) in [5.74, 6) is 1.57. The van der Waals surface area contributed by atoms with Crippen LogP contribution in [0.1, 0.15) is 18.7 Å². The summed E-state index contributed by atoms with van der Waals surface area (Å²) in [6.45, 7) is 4.37. The smallest absolute Gasteiger partial charge is 0.160 e. The van der Waals surface area contributed by atoms with Gasteiger partial charge >= 0.3 is 0 Å². The molecule has 3 heterocycles. The molecule has 20 heavy (non-hydrogen) atoms. The maximum absolute atomic E-state index is 5.99. The van der Waals surface area contributed by atoms with E-state index in [0.717, 1.165) is 36.5 Å². The van der Waals surface area contributed by atoms with Crippen LogP contribution in [0.4, 0.5) is 0 Å². The first-order valence-electron chi connectivity index (χ1n) is 7.07. The number of hydrogen-bond donors (Lipinski definition) is 0. The predicted molar refractivity (Wildman–Crippen MR) is 82.6 cm³/mol. The molecule has 0 atom stereocenters. The number of pyridine rings is 1. The highest BCUT2D eigenvalue weighted by Crippen LogP contribution is 2.19. The Bertz CT molecular complexity index is 590. The van der Waals surface area contributed by atoms with Crippen molar-refractivity contribution in [3.05, 3.63) is 23.1 Å². The van der Waals surface area contributed by atoms with Crippen LogP contribution in [0.25, 0.3) is 11.2 Å². The molecule has 1 aliphatic heterocycles. The van der Waals surface area contributed by atoms with Crippen molar-refractivity contribution in [2.45, 2.75) is 25.8 Å². The average molecular weight is 313 g/mol. The minimum Gasteiger partial charge on any atom is -0.311 e. The number of rotatable bonds is 5. The monoisotopic (exact) mass is 312 g/mol. The zero-order valence-electron chi connectivity index (χ0n) is 11.4. The fourth-order valence-electron chi connectivity index (χ4n) is 2.79. The van der Waals surface area contributed by atoms with Crippen LogP contribution in [0.3, 0.4) is 0 Å². The predicted octanol–water partition coefficient (Wildman–Crippen LogP) is 2.96. The van der Waals surface area contributed by atoms with Crippen molar-refractivity contribution < 1.29 is 0 Å². The third kappa shape index (κ3) is 2.92. The van der Waals surface area contributed by atoms with Gasteiger partial charge in [0, 0.05) is 31.6 Å². The van der Waals surface area contributed by atoms with Gasteiger partial charge in [-0.2, -0.15) is 0 Å². The Balaban J connectivity index is 1.87. The number of aryl methyl sites for hydroxylation is 1. The first kappa shape index (κ1) is 14.1. The van der Waals surface area contributed by atoms with Gasteiger partial charge in [0.1, 0.15) is 11.3 Å². The molecule has 0 spiro atoms. The number of hydrogen-bond acceptors (Lipinski definition) is 3. The zero-order valence-corrected chi connectivity index (χ0v) is 12.9. The minimum atomic E-state index is 0.570. The van der Waals surface area contributed by atoms with Crippen molar-refractivity contribution in [2.75, 3.05) is 25.5 Å². The van der Waals surface area contributed by atoms with Gasteiger partial charge in [-0.25, -0.2) is 9.97 Å². The van der Waals surface area contributed by atoms with Crippen molar-refractivity contribution in [1.29, 1.82) is 0 Å². The van der Waals surface area contributed by atoms with E-state index in [2.05, 4.69) is 19.4 Å². The molecule has 0 unspecified atom stereocenters. The van der Waals surface area contributed by atoms with Crippen LogP contribution < -0.4 is 0 Å². The third-order valence-electron chi connectivity index (χ3n) is 3.79. The van der Waals surface area contributed by atoms with E-state index in [1.54, 1.807) is 6.20 Å². The molecule has 6 heteroatoms. The largest absolute Gasteiger partial charge is 0.311 e. The van der Waals surface area contributed by atoms with Crippen molar-refractivity contribution in [3.8, 4) is 0 Å². The Morgan fingerprint density at radius 2 is 2.00 bits per heavy atom. The van der Waals surface area contributed by atoms with Gasteiger partial charge in [-0.05, 0) is 32.0 Å². The van der Waals surface area contributed by atoms with E-state index in [4.69, 9.17) is 23.2 Å². The van der Waals surface area contributed by atoms with E-state index >= 15 is 0 Å². The average Bonchev–Trinajstić information content (AvgIpc) is 3.04. The molecule has 3 rings (SSSR count). The number of nitrogens with zero attached hydrogens (tertiary/aromatic N) is 4. The Hall–Kier alpha value is -0.840. The lowest BCUT2D eigenvalue weighted by Gasteiger charge is -2.16. The van der Waals surface area contributed by atoms with Gasteiger partial charge in [0.15, 0.2) is 5.65 Å². The molecule has 0 amide bonds. The van der Waals surface area contributed by atoms with Gasteiger partial charge in [0.25, 0.3) is 0 Å². The number of aromatic nitrogens is 3. The highest BCUT2D eigenvalue weighted by molar-refractivity contribution is 6.31. The highest BCUT2D eigenvalue weighted by Gasteiger charge is 2.15. The second-order valence-electron chi connectivity index (χ2n) is 5.16. The number of alkyl halides is 1. The molecule has 1 saturated heterocycles. The fourth-order valence-corrected chi connectivity index (χ4v) is 3.11. The summed E-state index contributed by atoms with van der Waals surface area (Å²) in [5, 5.41) is 0.624. The molecule has 108 valence electrons. The normalized spacial score (nSPS) is 16.3. The van der Waals surface area contributed by atoms with Gasteiger partial charge in [-0.15, -0.1) is 11.6 Å². The van der Waals surface area contributed by atoms with Crippen LogP contribution in [0.2, 0.25) is 5.02 Å². The van der Waals surface area contributed by atoms with E-state index < -0.39 is 0 Å². The Kier molecular flexibility index (Phi) is 4.44. The Morgan fingerprint density at radius 1 is 1.20 bits per heavy atom. The van der Waals surface area contributed by atoms with Crippen LogP contribution in [0.15, 0.2) is 12.3 Å². The first-order chi connectivity index (χ1) is 9.78. The number of halogens is 2. The molecule has 0 radical (unpaired) electrons. The maximum atomic E-state index is 5.99. The molecule has 1 aliphatic rings. The van der Waals surface area contributed by atoms with Crippen LogP contribution in [-0.2, 0) is 13.0 Å². The number of likely N-dealkylation sites (tertiary alicyclic amines) is 1. The van der Waals surface area contributed by atoms with E-state index in [-0.39, 0.29) is 0 Å². The zero-order chi connectivity index (χ0) is 13.9. The highest BCUT2D eigenvalue weighted by atomic mass is 35.5. The SMILES string of the molecule is ClCCc1nc2cc(Cl)cnc2n1CCN1CCCC1. The second-order valence-corrected chi connectivity index (χ2v) is 5.98. The van der Waals surface area contributed by atoms with Crippen LogP contribution in [0.5, 0.6) is 0 Å². The molecule has 2 aromatic rings. The summed E-state index contributed by atoms with van der Waals surface area (Å²) in [6, 6.07) is 1.87. The third-order valence-corrected chi connectivity index (χ3v) is 4.18. The lowest BCUT2D eigenvalue weighted by molar-refractivity contribution is 0.322. The molecular formula is C14H18Cl2N4. The van der Waals surface area contributed by atoms with Gasteiger partial charge in [-0.1, -0.05) is 11.6 Å². The molecule has 0 saturated carbocycles. The minimum absolute atomic E-state index is 0.570. The Labute approximate surface area is 128 Å². The van der Waals surface area contributed by atoms with E-state index in [0.29, 0.717) is 10.9 Å². The topological polar surface area (TPSA) is 34.0 Å². The van der Waals surface area contributed by atoms with Gasteiger partial charge in [-0.3, -0.25) is 0 Å². The molecule has 0 aliphatic carbocycles. The van der Waals surface area contributed by atoms with Gasteiger partial charge in [0.2, 0.25) is 0 Å². The quantitative estimate of drug-likeness (QED) is 0.796. The second kappa shape index (κ2) is 6.29. The summed E-state index contributed by atoms with van der Waals surface area (Å²) in [7, 11) is 0. The lowest BCUT2D eigenvalue weighted by atomic mass is 10.4. The summed E-state index contributed by atoms with van der Waals surface area (Å²) in [4.78, 5) is 11.5. The van der Waals surface area contributed by atoms with Gasteiger partial charge in [0.05, 0.1) is 5.02 Å². The molecule has 0 aromatic carbocycles. The number of fused-ring (bicyclic) bond motifs is 1.